The van der Waals surface area contributed by atoms with Crippen LogP contribution in [-0.4, -0.2) is 11.7 Å². The molecule has 4 heterocycles. The van der Waals surface area contributed by atoms with Crippen molar-refractivity contribution in [3.8, 4) is 12.1 Å². The van der Waals surface area contributed by atoms with Gasteiger partial charge in [0.05, 0.1) is 46.4 Å². The van der Waals surface area contributed by atoms with Gasteiger partial charge in [0.15, 0.2) is 0 Å². The molecule has 5 unspecified atom stereocenters. The van der Waals surface area contributed by atoms with Crippen molar-refractivity contribution in [2.75, 3.05) is 19.6 Å². The van der Waals surface area contributed by atoms with Crippen molar-refractivity contribution in [1.82, 2.24) is 0 Å². The van der Waals surface area contributed by atoms with Gasteiger partial charge in [-0.25, -0.2) is 0 Å². The molecular formula is C64H62N6. The SMILES string of the molecule is C/C=C(\C(=C(/[C@H](C)C(CC#N)CCC#N)N1c2ccccc2C(C)(C)C2C=CC=CC21C)N1c2ccccc2C2c3ccccc3N(c3ccccc3)C21)N1c2ccccc2C(C)(C)c2ccccc21. The second-order valence-corrected chi connectivity index (χ2v) is 21.1. The lowest BCUT2D eigenvalue weighted by molar-refractivity contribution is 0.244. The number of nitriles is 2. The summed E-state index contributed by atoms with van der Waals surface area (Å²) >= 11 is 0. The van der Waals surface area contributed by atoms with Crippen molar-refractivity contribution in [3.05, 3.63) is 227 Å². The van der Waals surface area contributed by atoms with Gasteiger partial charge in [-0.15, -0.1) is 0 Å². The average Bonchev–Trinajstić information content (AvgIpc) is 3.89. The minimum Gasteiger partial charge on any atom is -0.332 e. The summed E-state index contributed by atoms with van der Waals surface area (Å²) in [5, 5.41) is 21.1. The van der Waals surface area contributed by atoms with E-state index >= 15 is 0 Å². The summed E-state index contributed by atoms with van der Waals surface area (Å²) in [6.07, 6.45) is 12.7. The second-order valence-electron chi connectivity index (χ2n) is 21.1. The van der Waals surface area contributed by atoms with Crippen molar-refractivity contribution in [2.45, 2.75) is 96.2 Å². The highest BCUT2D eigenvalue weighted by molar-refractivity contribution is 5.88. The molecule has 6 nitrogen and oxygen atoms in total. The first-order valence-electron chi connectivity index (χ1n) is 25.2. The summed E-state index contributed by atoms with van der Waals surface area (Å²) < 4.78 is 0. The smallest absolute Gasteiger partial charge is 0.122 e. The minimum absolute atomic E-state index is 0.000885. The summed E-state index contributed by atoms with van der Waals surface area (Å²) in [7, 11) is 0. The van der Waals surface area contributed by atoms with Gasteiger partial charge in [-0.1, -0.05) is 174 Å². The molecule has 0 saturated heterocycles. The number of nitrogens with zero attached hydrogens (tertiary/aromatic N) is 6. The standard InChI is InChI=1S/C64H62N6/c1-8-51(68-54-35-19-14-30-48(54)62(3,4)49-31-15-20-36-55(49)68)60(69-53-34-18-13-29-47(53)58-46-28-12-17-33-52(46)67(61(58)69)45-26-10-9-11-27-45)59(43(2)44(39-42-66)25-24-41-65)70-56-37-21-16-32-50(56)63(5,6)57-38-22-23-40-64(57,70)7/h8-23,26-38,40,43-44,57-58,61H,24-25,39H2,1-7H3/b51-8+,60-59-/t43-,44?,57?,58?,61?,64?/m1/s1. The third kappa shape index (κ3) is 6.56. The highest BCUT2D eigenvalue weighted by Gasteiger charge is 2.57. The van der Waals surface area contributed by atoms with Crippen LogP contribution in [-0.2, 0) is 10.8 Å². The molecule has 6 atom stereocenters. The zero-order valence-corrected chi connectivity index (χ0v) is 41.5. The number of allylic oxidation sites excluding steroid dienone is 4. The molecule has 70 heavy (non-hydrogen) atoms. The molecule has 0 aromatic heterocycles. The van der Waals surface area contributed by atoms with E-state index in [1.165, 1.54) is 33.5 Å². The fourth-order valence-corrected chi connectivity index (χ4v) is 13.5. The van der Waals surface area contributed by atoms with Crippen molar-refractivity contribution in [2.24, 2.45) is 17.8 Å². The van der Waals surface area contributed by atoms with Crippen LogP contribution in [0.15, 0.2) is 199 Å². The van der Waals surface area contributed by atoms with Gasteiger partial charge < -0.3 is 19.6 Å². The molecule has 0 amide bonds. The van der Waals surface area contributed by atoms with E-state index < -0.39 is 5.54 Å². The number of benzene rings is 6. The summed E-state index contributed by atoms with van der Waals surface area (Å²) in [6, 6.07) is 61.1. The molecule has 6 aromatic carbocycles. The average molecular weight is 915 g/mol. The molecular weight excluding hydrogens is 853 g/mol. The Morgan fingerprint density at radius 1 is 0.643 bits per heavy atom. The van der Waals surface area contributed by atoms with Crippen LogP contribution < -0.4 is 19.6 Å². The number of anilines is 6. The van der Waals surface area contributed by atoms with Gasteiger partial charge in [-0.2, -0.15) is 10.5 Å². The largest absolute Gasteiger partial charge is 0.332 e. The highest BCUT2D eigenvalue weighted by atomic mass is 15.4. The molecule has 348 valence electrons. The van der Waals surface area contributed by atoms with Crippen molar-refractivity contribution < 1.29 is 0 Å². The Morgan fingerprint density at radius 3 is 1.83 bits per heavy atom. The van der Waals surface area contributed by atoms with Crippen molar-refractivity contribution in [1.29, 1.82) is 10.5 Å². The Morgan fingerprint density at radius 2 is 1.20 bits per heavy atom. The Hall–Kier alpha value is -7.54. The number of hydrogen-bond donors (Lipinski definition) is 0. The third-order valence-corrected chi connectivity index (χ3v) is 16.7. The molecule has 1 aliphatic carbocycles. The van der Waals surface area contributed by atoms with Gasteiger partial charge in [-0.05, 0) is 96.5 Å². The van der Waals surface area contributed by atoms with Crippen LogP contribution in [0.1, 0.15) is 101 Å². The molecule has 0 fully saturated rings. The predicted molar refractivity (Wildman–Crippen MR) is 287 cm³/mol. The third-order valence-electron chi connectivity index (χ3n) is 16.7. The Bertz CT molecular complexity index is 3170. The Balaban J connectivity index is 1.33. The molecule has 5 aliphatic rings. The molecule has 11 rings (SSSR count). The number of rotatable bonds is 10. The fraction of sp³-hybridized carbons (Fsp3) is 0.281. The first-order valence-corrected chi connectivity index (χ1v) is 25.2. The molecule has 0 saturated carbocycles. The van der Waals surface area contributed by atoms with E-state index in [1.807, 2.05) is 0 Å². The van der Waals surface area contributed by atoms with E-state index in [0.29, 0.717) is 19.3 Å². The van der Waals surface area contributed by atoms with E-state index in [1.54, 1.807) is 0 Å². The maximum atomic E-state index is 10.8. The lowest BCUT2D eigenvalue weighted by atomic mass is 9.59. The lowest BCUT2D eigenvalue weighted by Gasteiger charge is -2.59. The van der Waals surface area contributed by atoms with Crippen LogP contribution in [0.3, 0.4) is 0 Å². The number of para-hydroxylation sites is 6. The van der Waals surface area contributed by atoms with Gasteiger partial charge in [0.25, 0.3) is 0 Å². The molecule has 4 aliphatic heterocycles. The van der Waals surface area contributed by atoms with Gasteiger partial charge in [0.1, 0.15) is 6.17 Å². The van der Waals surface area contributed by atoms with Gasteiger partial charge >= 0.3 is 0 Å². The summed E-state index contributed by atoms with van der Waals surface area (Å²) in [6.45, 7) is 16.5. The predicted octanol–water partition coefficient (Wildman–Crippen LogP) is 15.5. The molecule has 0 spiro atoms. The van der Waals surface area contributed by atoms with Crippen LogP contribution in [0.2, 0.25) is 0 Å². The monoisotopic (exact) mass is 915 g/mol. The zero-order valence-electron chi connectivity index (χ0n) is 41.5. The van der Waals surface area contributed by atoms with Crippen molar-refractivity contribution in [3.63, 3.8) is 0 Å². The van der Waals surface area contributed by atoms with E-state index in [9.17, 15) is 10.5 Å². The number of hydrogen-bond acceptors (Lipinski definition) is 6. The van der Waals surface area contributed by atoms with E-state index in [-0.39, 0.29) is 40.7 Å². The van der Waals surface area contributed by atoms with Crippen LogP contribution in [0.4, 0.5) is 34.1 Å². The maximum Gasteiger partial charge on any atom is 0.122 e. The summed E-state index contributed by atoms with van der Waals surface area (Å²) in [5.74, 6) is -0.271. The summed E-state index contributed by atoms with van der Waals surface area (Å²) in [4.78, 5) is 10.5. The molecule has 0 bridgehead atoms. The quantitative estimate of drug-likeness (QED) is 0.128. The molecule has 6 heteroatoms. The van der Waals surface area contributed by atoms with E-state index in [0.717, 1.165) is 45.5 Å². The first-order chi connectivity index (χ1) is 34.0. The van der Waals surface area contributed by atoms with Gasteiger partial charge in [-0.3, -0.25) is 0 Å². The normalized spacial score (nSPS) is 23.0. The second kappa shape index (κ2) is 17.1. The zero-order chi connectivity index (χ0) is 48.5. The summed E-state index contributed by atoms with van der Waals surface area (Å²) in [5.41, 5.74) is 15.5. The Labute approximate surface area is 415 Å². The van der Waals surface area contributed by atoms with E-state index in [2.05, 4.69) is 262 Å². The Kier molecular flexibility index (Phi) is 11.0. The fourth-order valence-electron chi connectivity index (χ4n) is 13.5. The number of fused-ring (bicyclic) bond motifs is 9. The highest BCUT2D eigenvalue weighted by Crippen LogP contribution is 2.62. The molecule has 0 N–H and O–H groups in total. The topological polar surface area (TPSA) is 60.5 Å². The van der Waals surface area contributed by atoms with E-state index in [4.69, 9.17) is 0 Å². The van der Waals surface area contributed by atoms with Gasteiger partial charge in [0.2, 0.25) is 0 Å². The molecule has 6 aromatic rings. The van der Waals surface area contributed by atoms with Crippen molar-refractivity contribution >= 4 is 34.1 Å². The lowest BCUT2D eigenvalue weighted by Crippen LogP contribution is -2.61. The van der Waals surface area contributed by atoms with Crippen LogP contribution in [0.25, 0.3) is 0 Å². The minimum atomic E-state index is -0.553. The van der Waals surface area contributed by atoms with Crippen LogP contribution in [0.5, 0.6) is 0 Å². The first kappa shape index (κ1) is 44.9. The molecule has 0 radical (unpaired) electrons. The van der Waals surface area contributed by atoms with Crippen LogP contribution in [0, 0.1) is 40.4 Å². The maximum absolute atomic E-state index is 10.8. The van der Waals surface area contributed by atoms with Gasteiger partial charge in [0, 0.05) is 64.0 Å². The van der Waals surface area contributed by atoms with Crippen LogP contribution >= 0.6 is 0 Å².